The highest BCUT2D eigenvalue weighted by Crippen LogP contribution is 2.23. The Morgan fingerprint density at radius 2 is 1.73 bits per heavy atom. The van der Waals surface area contributed by atoms with Crippen LogP contribution < -0.4 is 15.4 Å². The number of amides is 1. The molecule has 2 N–H and O–H groups in total. The molecule has 1 aromatic carbocycles. The molecule has 1 heterocycles. The third-order valence-corrected chi connectivity index (χ3v) is 5.51. The van der Waals surface area contributed by atoms with Crippen LogP contribution in [0.4, 0.5) is 0 Å². The highest BCUT2D eigenvalue weighted by molar-refractivity contribution is 5.85. The van der Waals surface area contributed by atoms with E-state index in [2.05, 4.69) is 22.8 Å². The molecule has 4 nitrogen and oxygen atoms in total. The Hall–Kier alpha value is -1.26. The van der Waals surface area contributed by atoms with Gasteiger partial charge in [-0.05, 0) is 81.6 Å². The number of carbonyl (C=O) groups is 1. The molecular formula is C21H33ClN2O2. The van der Waals surface area contributed by atoms with Crippen molar-refractivity contribution in [2.75, 3.05) is 13.1 Å². The van der Waals surface area contributed by atoms with Crippen LogP contribution in [-0.2, 0) is 11.3 Å². The van der Waals surface area contributed by atoms with Crippen molar-refractivity contribution in [2.45, 2.75) is 70.4 Å². The summed E-state index contributed by atoms with van der Waals surface area (Å²) >= 11 is 0. The van der Waals surface area contributed by atoms with Crippen LogP contribution in [0.5, 0.6) is 5.75 Å². The molecule has 1 aliphatic heterocycles. The number of carbonyl (C=O) groups excluding carboxylic acids is 1. The Morgan fingerprint density at radius 3 is 2.42 bits per heavy atom. The summed E-state index contributed by atoms with van der Waals surface area (Å²) in [7, 11) is 0. The quantitative estimate of drug-likeness (QED) is 0.744. The molecule has 3 rings (SSSR count). The van der Waals surface area contributed by atoms with Gasteiger partial charge in [0.15, 0.2) is 0 Å². The first-order valence-corrected chi connectivity index (χ1v) is 10.0. The van der Waals surface area contributed by atoms with E-state index in [0.29, 0.717) is 25.0 Å². The van der Waals surface area contributed by atoms with E-state index < -0.39 is 0 Å². The standard InChI is InChI=1S/C21H32N2O2.ClH/c24-21(11-8-17-12-14-22-15-13-17)23-16-18-6-9-20(10-7-18)25-19-4-2-1-3-5-19;/h6-7,9-10,17,19,22H,1-5,8,11-16H2,(H,23,24);1H. The van der Waals surface area contributed by atoms with Crippen LogP contribution in [0.1, 0.15) is 63.4 Å². The van der Waals surface area contributed by atoms with E-state index in [1.807, 2.05) is 12.1 Å². The number of piperidine rings is 1. The molecule has 0 spiro atoms. The first-order chi connectivity index (χ1) is 12.3. The summed E-state index contributed by atoms with van der Waals surface area (Å²) in [6.45, 7) is 2.80. The van der Waals surface area contributed by atoms with Gasteiger partial charge in [-0.1, -0.05) is 18.6 Å². The Labute approximate surface area is 163 Å². The predicted octanol–water partition coefficient (Wildman–Crippen LogP) is 4.22. The van der Waals surface area contributed by atoms with Gasteiger partial charge in [0.05, 0.1) is 6.10 Å². The maximum Gasteiger partial charge on any atom is 0.220 e. The minimum Gasteiger partial charge on any atom is -0.490 e. The molecule has 2 aliphatic rings. The third kappa shape index (κ3) is 7.16. The van der Waals surface area contributed by atoms with Gasteiger partial charge in [0.1, 0.15) is 5.75 Å². The minimum atomic E-state index is 0. The summed E-state index contributed by atoms with van der Waals surface area (Å²) < 4.78 is 6.05. The van der Waals surface area contributed by atoms with E-state index in [-0.39, 0.29) is 18.3 Å². The lowest BCUT2D eigenvalue weighted by molar-refractivity contribution is -0.121. The number of hydrogen-bond acceptors (Lipinski definition) is 3. The van der Waals surface area contributed by atoms with E-state index in [0.717, 1.165) is 30.8 Å². The molecule has 26 heavy (non-hydrogen) atoms. The van der Waals surface area contributed by atoms with Crippen LogP contribution >= 0.6 is 12.4 Å². The Kier molecular flexibility index (Phi) is 9.27. The predicted molar refractivity (Wildman–Crippen MR) is 108 cm³/mol. The maximum atomic E-state index is 12.0. The molecule has 2 fully saturated rings. The minimum absolute atomic E-state index is 0. The first-order valence-electron chi connectivity index (χ1n) is 10.0. The highest BCUT2D eigenvalue weighted by Gasteiger charge is 2.15. The zero-order valence-electron chi connectivity index (χ0n) is 15.7. The van der Waals surface area contributed by atoms with Gasteiger partial charge in [-0.15, -0.1) is 12.4 Å². The smallest absolute Gasteiger partial charge is 0.220 e. The van der Waals surface area contributed by atoms with Gasteiger partial charge in [-0.2, -0.15) is 0 Å². The summed E-state index contributed by atoms with van der Waals surface area (Å²) in [4.78, 5) is 12.0. The number of benzene rings is 1. The van der Waals surface area contributed by atoms with Gasteiger partial charge >= 0.3 is 0 Å². The summed E-state index contributed by atoms with van der Waals surface area (Å²) in [5.74, 6) is 1.83. The maximum absolute atomic E-state index is 12.0. The number of rotatable bonds is 7. The fourth-order valence-corrected chi connectivity index (χ4v) is 3.86. The fourth-order valence-electron chi connectivity index (χ4n) is 3.86. The van der Waals surface area contributed by atoms with E-state index in [1.54, 1.807) is 0 Å². The van der Waals surface area contributed by atoms with Crippen molar-refractivity contribution in [3.05, 3.63) is 29.8 Å². The van der Waals surface area contributed by atoms with Gasteiger partial charge in [-0.25, -0.2) is 0 Å². The average molecular weight is 381 g/mol. The van der Waals surface area contributed by atoms with E-state index >= 15 is 0 Å². The number of hydrogen-bond donors (Lipinski definition) is 2. The van der Waals surface area contributed by atoms with E-state index in [4.69, 9.17) is 4.74 Å². The number of ether oxygens (including phenoxy) is 1. The lowest BCUT2D eigenvalue weighted by Gasteiger charge is -2.23. The van der Waals surface area contributed by atoms with Gasteiger partial charge in [0.25, 0.3) is 0 Å². The summed E-state index contributed by atoms with van der Waals surface area (Å²) in [5.41, 5.74) is 1.13. The monoisotopic (exact) mass is 380 g/mol. The van der Waals surface area contributed by atoms with E-state index in [1.165, 1.54) is 44.9 Å². The largest absolute Gasteiger partial charge is 0.490 e. The van der Waals surface area contributed by atoms with Crippen molar-refractivity contribution in [1.29, 1.82) is 0 Å². The summed E-state index contributed by atoms with van der Waals surface area (Å²) in [6.07, 6.45) is 10.7. The molecule has 1 saturated heterocycles. The first kappa shape index (κ1) is 21.0. The fraction of sp³-hybridized carbons (Fsp3) is 0.667. The van der Waals surface area contributed by atoms with Crippen molar-refractivity contribution >= 4 is 18.3 Å². The van der Waals surface area contributed by atoms with Crippen molar-refractivity contribution in [3.63, 3.8) is 0 Å². The van der Waals surface area contributed by atoms with E-state index in [9.17, 15) is 4.79 Å². The second-order valence-electron chi connectivity index (χ2n) is 7.53. The normalized spacial score (nSPS) is 18.8. The van der Waals surface area contributed by atoms with Crippen molar-refractivity contribution < 1.29 is 9.53 Å². The Bertz CT molecular complexity index is 523. The van der Waals surface area contributed by atoms with Gasteiger partial charge in [0.2, 0.25) is 5.91 Å². The molecular weight excluding hydrogens is 348 g/mol. The topological polar surface area (TPSA) is 50.4 Å². The molecule has 1 saturated carbocycles. The molecule has 1 amide bonds. The lowest BCUT2D eigenvalue weighted by atomic mass is 9.93. The van der Waals surface area contributed by atoms with Crippen LogP contribution in [0.15, 0.2) is 24.3 Å². The molecule has 0 aromatic heterocycles. The Morgan fingerprint density at radius 1 is 1.04 bits per heavy atom. The van der Waals surface area contributed by atoms with Crippen molar-refractivity contribution in [2.24, 2.45) is 5.92 Å². The molecule has 1 aromatic rings. The third-order valence-electron chi connectivity index (χ3n) is 5.51. The molecule has 0 radical (unpaired) electrons. The SMILES string of the molecule is Cl.O=C(CCC1CCNCC1)NCc1ccc(OC2CCCCC2)cc1. The van der Waals surface area contributed by atoms with Gasteiger partial charge in [-0.3, -0.25) is 4.79 Å². The molecule has 1 aliphatic carbocycles. The number of halogens is 1. The van der Waals surface area contributed by atoms with Crippen LogP contribution in [0.2, 0.25) is 0 Å². The number of nitrogens with one attached hydrogen (secondary N) is 2. The zero-order chi connectivity index (χ0) is 17.3. The molecule has 5 heteroatoms. The van der Waals surface area contributed by atoms with Crippen LogP contribution in [0.3, 0.4) is 0 Å². The molecule has 0 unspecified atom stereocenters. The Balaban J connectivity index is 0.00000243. The molecule has 146 valence electrons. The summed E-state index contributed by atoms with van der Waals surface area (Å²) in [6, 6.07) is 8.19. The van der Waals surface area contributed by atoms with Crippen molar-refractivity contribution in [1.82, 2.24) is 10.6 Å². The summed E-state index contributed by atoms with van der Waals surface area (Å²) in [5, 5.41) is 6.41. The van der Waals surface area contributed by atoms with Crippen LogP contribution in [0.25, 0.3) is 0 Å². The molecule has 0 atom stereocenters. The van der Waals surface area contributed by atoms with Crippen molar-refractivity contribution in [3.8, 4) is 5.75 Å². The highest BCUT2D eigenvalue weighted by atomic mass is 35.5. The second-order valence-corrected chi connectivity index (χ2v) is 7.53. The lowest BCUT2D eigenvalue weighted by Crippen LogP contribution is -2.29. The van der Waals surface area contributed by atoms with Crippen LogP contribution in [0, 0.1) is 5.92 Å². The molecule has 0 bridgehead atoms. The zero-order valence-corrected chi connectivity index (χ0v) is 16.5. The van der Waals surface area contributed by atoms with Gasteiger partial charge < -0.3 is 15.4 Å². The van der Waals surface area contributed by atoms with Crippen LogP contribution in [-0.4, -0.2) is 25.1 Å². The van der Waals surface area contributed by atoms with Gasteiger partial charge in [0, 0.05) is 13.0 Å². The second kappa shape index (κ2) is 11.5. The average Bonchev–Trinajstić information content (AvgIpc) is 2.67.